The summed E-state index contributed by atoms with van der Waals surface area (Å²) in [5, 5.41) is 9.74. The number of aromatic hydroxyl groups is 1. The molecule has 0 unspecified atom stereocenters. The highest BCUT2D eigenvalue weighted by Gasteiger charge is 2.33. The van der Waals surface area contributed by atoms with Crippen molar-refractivity contribution in [1.82, 2.24) is 0 Å². The smallest absolute Gasteiger partial charge is 0.417 e. The van der Waals surface area contributed by atoms with Gasteiger partial charge in [0.2, 0.25) is 0 Å². The normalized spacial score (nSPS) is 12.2. The molecule has 0 amide bonds. The van der Waals surface area contributed by atoms with E-state index in [2.05, 4.69) is 15.9 Å². The van der Waals surface area contributed by atoms with Crippen molar-refractivity contribution in [3.8, 4) is 5.75 Å². The molecule has 0 aromatic heterocycles. The Kier molecular flexibility index (Phi) is 4.41. The van der Waals surface area contributed by atoms with E-state index in [1.54, 1.807) is 6.08 Å². The molecule has 1 nitrogen and oxygen atoms in total. The first-order chi connectivity index (χ1) is 7.45. The molecule has 0 aliphatic rings. The molecule has 5 heteroatoms. The standard InChI is InChI=1S/C11H10BrF3O/c12-6-2-1-3-8-4-5-9(16)7-10(8)11(13,14)15/h1,3-5,7,16H,2,6H2. The first-order valence-electron chi connectivity index (χ1n) is 4.58. The van der Waals surface area contributed by atoms with Crippen molar-refractivity contribution in [1.29, 1.82) is 0 Å². The maximum atomic E-state index is 12.6. The highest BCUT2D eigenvalue weighted by atomic mass is 79.9. The minimum Gasteiger partial charge on any atom is -0.508 e. The van der Waals surface area contributed by atoms with Gasteiger partial charge in [0.25, 0.3) is 0 Å². The quantitative estimate of drug-likeness (QED) is 0.828. The van der Waals surface area contributed by atoms with Gasteiger partial charge in [-0.2, -0.15) is 13.2 Å². The summed E-state index contributed by atoms with van der Waals surface area (Å²) >= 11 is 3.18. The summed E-state index contributed by atoms with van der Waals surface area (Å²) in [6, 6.07) is 3.22. The van der Waals surface area contributed by atoms with Crippen molar-refractivity contribution in [2.75, 3.05) is 5.33 Å². The largest absolute Gasteiger partial charge is 0.508 e. The fraction of sp³-hybridized carbons (Fsp3) is 0.273. The second kappa shape index (κ2) is 5.39. The molecule has 0 aliphatic heterocycles. The van der Waals surface area contributed by atoms with Crippen LogP contribution in [-0.2, 0) is 6.18 Å². The van der Waals surface area contributed by atoms with Crippen LogP contribution in [0, 0.1) is 0 Å². The van der Waals surface area contributed by atoms with E-state index in [-0.39, 0.29) is 11.3 Å². The van der Waals surface area contributed by atoms with Crippen LogP contribution in [0.4, 0.5) is 13.2 Å². The molecule has 0 bridgehead atoms. The van der Waals surface area contributed by atoms with Crippen molar-refractivity contribution in [3.05, 3.63) is 35.4 Å². The monoisotopic (exact) mass is 294 g/mol. The van der Waals surface area contributed by atoms with Gasteiger partial charge in [0.1, 0.15) is 5.75 Å². The Morgan fingerprint density at radius 1 is 1.31 bits per heavy atom. The number of alkyl halides is 4. The fourth-order valence-corrected chi connectivity index (χ4v) is 1.47. The molecule has 0 spiro atoms. The molecule has 1 N–H and O–H groups in total. The van der Waals surface area contributed by atoms with Crippen LogP contribution in [0.3, 0.4) is 0 Å². The van der Waals surface area contributed by atoms with Crippen molar-refractivity contribution in [2.45, 2.75) is 12.6 Å². The van der Waals surface area contributed by atoms with Crippen LogP contribution in [0.25, 0.3) is 6.08 Å². The summed E-state index contributed by atoms with van der Waals surface area (Å²) in [7, 11) is 0. The lowest BCUT2D eigenvalue weighted by molar-refractivity contribution is -0.137. The van der Waals surface area contributed by atoms with Crippen molar-refractivity contribution >= 4 is 22.0 Å². The lowest BCUT2D eigenvalue weighted by atomic mass is 10.1. The van der Waals surface area contributed by atoms with E-state index in [1.165, 1.54) is 18.2 Å². The van der Waals surface area contributed by atoms with E-state index in [1.807, 2.05) is 0 Å². The van der Waals surface area contributed by atoms with Gasteiger partial charge in [-0.3, -0.25) is 0 Å². The number of phenols is 1. The van der Waals surface area contributed by atoms with Gasteiger partial charge < -0.3 is 5.11 Å². The third kappa shape index (κ3) is 3.56. The Morgan fingerprint density at radius 2 is 2.00 bits per heavy atom. The summed E-state index contributed by atoms with van der Waals surface area (Å²) in [5.74, 6) is -0.384. The third-order valence-corrected chi connectivity index (χ3v) is 2.37. The van der Waals surface area contributed by atoms with Crippen LogP contribution in [0.2, 0.25) is 0 Å². The van der Waals surface area contributed by atoms with Crippen LogP contribution in [-0.4, -0.2) is 10.4 Å². The first kappa shape index (κ1) is 13.1. The number of hydrogen-bond acceptors (Lipinski definition) is 1. The molecule has 0 aliphatic carbocycles. The second-order valence-corrected chi connectivity index (χ2v) is 3.94. The summed E-state index contributed by atoms with van der Waals surface area (Å²) in [6.07, 6.45) is -0.745. The lowest BCUT2D eigenvalue weighted by Crippen LogP contribution is -2.06. The van der Waals surface area contributed by atoms with Crippen LogP contribution in [0.5, 0.6) is 5.75 Å². The molecule has 1 rings (SSSR count). The van der Waals surface area contributed by atoms with E-state index in [4.69, 9.17) is 5.11 Å². The maximum absolute atomic E-state index is 12.6. The molecule has 1 aromatic rings. The molecular weight excluding hydrogens is 285 g/mol. The van der Waals surface area contributed by atoms with Gasteiger partial charge in [-0.1, -0.05) is 34.1 Å². The first-order valence-corrected chi connectivity index (χ1v) is 5.70. The summed E-state index contributed by atoms with van der Waals surface area (Å²) in [4.78, 5) is 0. The van der Waals surface area contributed by atoms with Gasteiger partial charge >= 0.3 is 6.18 Å². The zero-order valence-corrected chi connectivity index (χ0v) is 9.85. The highest BCUT2D eigenvalue weighted by Crippen LogP contribution is 2.34. The average Bonchev–Trinajstić information content (AvgIpc) is 2.19. The molecule has 1 aromatic carbocycles. The number of allylic oxidation sites excluding steroid dienone is 1. The van der Waals surface area contributed by atoms with Crippen molar-refractivity contribution < 1.29 is 18.3 Å². The topological polar surface area (TPSA) is 20.2 Å². The Balaban J connectivity index is 3.08. The summed E-state index contributed by atoms with van der Waals surface area (Å²) in [6.45, 7) is 0. The van der Waals surface area contributed by atoms with Gasteiger partial charge in [-0.05, 0) is 24.1 Å². The summed E-state index contributed by atoms with van der Waals surface area (Å²) < 4.78 is 37.7. The average molecular weight is 295 g/mol. The fourth-order valence-electron chi connectivity index (χ4n) is 1.21. The van der Waals surface area contributed by atoms with Gasteiger partial charge in [-0.25, -0.2) is 0 Å². The minimum absolute atomic E-state index is 0.0613. The number of phenolic OH excluding ortho intramolecular Hbond substituents is 1. The zero-order valence-electron chi connectivity index (χ0n) is 8.26. The van der Waals surface area contributed by atoms with E-state index in [0.29, 0.717) is 11.8 Å². The molecule has 0 fully saturated rings. The van der Waals surface area contributed by atoms with Gasteiger partial charge in [0.05, 0.1) is 5.56 Å². The molecular formula is C11H10BrF3O. The SMILES string of the molecule is Oc1ccc(C=CCCBr)c(C(F)(F)F)c1. The molecule has 16 heavy (non-hydrogen) atoms. The Labute approximate surface area is 99.7 Å². The molecule has 88 valence electrons. The van der Waals surface area contributed by atoms with Crippen molar-refractivity contribution in [3.63, 3.8) is 0 Å². The van der Waals surface area contributed by atoms with Crippen LogP contribution < -0.4 is 0 Å². The molecule has 0 atom stereocenters. The number of halogens is 4. The number of rotatable bonds is 3. The number of hydrogen-bond donors (Lipinski definition) is 1. The lowest BCUT2D eigenvalue weighted by Gasteiger charge is -2.10. The second-order valence-electron chi connectivity index (χ2n) is 3.15. The van der Waals surface area contributed by atoms with Gasteiger partial charge in [0, 0.05) is 5.33 Å². The highest BCUT2D eigenvalue weighted by molar-refractivity contribution is 9.09. The van der Waals surface area contributed by atoms with Gasteiger partial charge in [0.15, 0.2) is 0 Å². The minimum atomic E-state index is -4.45. The molecule has 0 radical (unpaired) electrons. The maximum Gasteiger partial charge on any atom is 0.417 e. The van der Waals surface area contributed by atoms with Crippen LogP contribution in [0.1, 0.15) is 17.5 Å². The van der Waals surface area contributed by atoms with Crippen LogP contribution in [0.15, 0.2) is 24.3 Å². The van der Waals surface area contributed by atoms with Gasteiger partial charge in [-0.15, -0.1) is 0 Å². The third-order valence-electron chi connectivity index (χ3n) is 1.92. The Bertz CT molecular complexity index is 385. The van der Waals surface area contributed by atoms with E-state index in [0.717, 1.165) is 6.07 Å². The summed E-state index contributed by atoms with van der Waals surface area (Å²) in [5.41, 5.74) is -0.760. The molecule has 0 heterocycles. The van der Waals surface area contributed by atoms with E-state index < -0.39 is 11.7 Å². The zero-order chi connectivity index (χ0) is 12.2. The molecule has 0 saturated carbocycles. The number of benzene rings is 1. The predicted octanol–water partition coefficient (Wildman–Crippen LogP) is 4.21. The van der Waals surface area contributed by atoms with Crippen molar-refractivity contribution in [2.24, 2.45) is 0 Å². The van der Waals surface area contributed by atoms with E-state index in [9.17, 15) is 13.2 Å². The Morgan fingerprint density at radius 3 is 2.56 bits per heavy atom. The predicted molar refractivity (Wildman–Crippen MR) is 60.6 cm³/mol. The van der Waals surface area contributed by atoms with Crippen LogP contribution >= 0.6 is 15.9 Å². The molecule has 0 saturated heterocycles. The van der Waals surface area contributed by atoms with E-state index >= 15 is 0 Å². The Hall–Kier alpha value is -0.970.